The highest BCUT2D eigenvalue weighted by atomic mass is 32.1. The van der Waals surface area contributed by atoms with Gasteiger partial charge in [-0.05, 0) is 99.6 Å². The van der Waals surface area contributed by atoms with Crippen LogP contribution < -0.4 is 4.90 Å². The lowest BCUT2D eigenvalue weighted by molar-refractivity contribution is 1.18. The zero-order valence-electron chi connectivity index (χ0n) is 34.4. The first-order chi connectivity index (χ1) is 31.3. The van der Waals surface area contributed by atoms with Crippen molar-refractivity contribution in [1.29, 1.82) is 0 Å². The van der Waals surface area contributed by atoms with E-state index in [0.29, 0.717) is 0 Å². The van der Waals surface area contributed by atoms with Crippen LogP contribution >= 0.6 is 11.3 Å². The van der Waals surface area contributed by atoms with Crippen LogP contribution in [-0.2, 0) is 0 Å². The quantitative estimate of drug-likeness (QED) is 0.148. The average molecular weight is 821 g/mol. The standard InChI is InChI=1S/C60H40N2S/c1-3-16-41(17-4-1)42-30-32-43(33-31-42)44-34-36-46(37-35-44)61(57-27-15-29-59-60(57)52-23-10-14-28-58(52)63-59)47-38-39-48(53(40-47)45-18-5-2-6-19-45)49-20-7-11-24-54(49)62-55-25-12-8-21-50(55)51-22-9-13-26-56(51)62/h1-40H. The molecule has 2 heterocycles. The number of hydrogen-bond donors (Lipinski definition) is 0. The van der Waals surface area contributed by atoms with Crippen molar-refractivity contribution in [2.75, 3.05) is 4.90 Å². The number of thiophene rings is 1. The fraction of sp³-hybridized carbons (Fsp3) is 0. The summed E-state index contributed by atoms with van der Waals surface area (Å²) >= 11 is 1.86. The summed E-state index contributed by atoms with van der Waals surface area (Å²) in [6.45, 7) is 0. The molecule has 3 heteroatoms. The zero-order valence-corrected chi connectivity index (χ0v) is 35.2. The lowest BCUT2D eigenvalue weighted by atomic mass is 9.92. The van der Waals surface area contributed by atoms with Crippen LogP contribution in [0.5, 0.6) is 0 Å². The summed E-state index contributed by atoms with van der Waals surface area (Å²) < 4.78 is 5.00. The maximum atomic E-state index is 2.46. The smallest absolute Gasteiger partial charge is 0.0554 e. The predicted octanol–water partition coefficient (Wildman–Crippen LogP) is 17.3. The van der Waals surface area contributed by atoms with E-state index in [1.54, 1.807) is 0 Å². The number of fused-ring (bicyclic) bond motifs is 6. The van der Waals surface area contributed by atoms with Gasteiger partial charge in [-0.15, -0.1) is 11.3 Å². The summed E-state index contributed by atoms with van der Waals surface area (Å²) in [5.41, 5.74) is 16.4. The lowest BCUT2D eigenvalue weighted by Crippen LogP contribution is -2.10. The predicted molar refractivity (Wildman–Crippen MR) is 270 cm³/mol. The molecule has 12 aromatic rings. The Kier molecular flexibility index (Phi) is 9.06. The molecule has 2 nitrogen and oxygen atoms in total. The molecule has 0 saturated heterocycles. The highest BCUT2D eigenvalue weighted by Gasteiger charge is 2.22. The van der Waals surface area contributed by atoms with Gasteiger partial charge in [0, 0.05) is 47.9 Å². The van der Waals surface area contributed by atoms with E-state index in [0.717, 1.165) is 22.7 Å². The van der Waals surface area contributed by atoms with Crippen molar-refractivity contribution < 1.29 is 0 Å². The largest absolute Gasteiger partial charge is 0.310 e. The van der Waals surface area contributed by atoms with Gasteiger partial charge in [-0.2, -0.15) is 0 Å². The molecule has 0 aliphatic rings. The third-order valence-corrected chi connectivity index (χ3v) is 13.6. The molecule has 10 aromatic carbocycles. The number of nitrogens with zero attached hydrogens (tertiary/aromatic N) is 2. The minimum absolute atomic E-state index is 1.09. The van der Waals surface area contributed by atoms with E-state index in [4.69, 9.17) is 0 Å². The van der Waals surface area contributed by atoms with Gasteiger partial charge in [0.05, 0.1) is 22.4 Å². The van der Waals surface area contributed by atoms with E-state index >= 15 is 0 Å². The second kappa shape index (κ2) is 15.5. The van der Waals surface area contributed by atoms with Crippen LogP contribution in [0.1, 0.15) is 0 Å². The maximum Gasteiger partial charge on any atom is 0.0554 e. The molecule has 0 atom stereocenters. The van der Waals surface area contributed by atoms with E-state index in [1.807, 2.05) is 11.3 Å². The molecule has 0 fully saturated rings. The van der Waals surface area contributed by atoms with Gasteiger partial charge in [0.15, 0.2) is 0 Å². The molecule has 0 bridgehead atoms. The lowest BCUT2D eigenvalue weighted by Gasteiger charge is -2.28. The van der Waals surface area contributed by atoms with E-state index in [1.165, 1.54) is 86.5 Å². The molecule has 0 saturated carbocycles. The molecule has 0 unspecified atom stereocenters. The van der Waals surface area contributed by atoms with Gasteiger partial charge in [-0.25, -0.2) is 0 Å². The number of rotatable bonds is 8. The molecule has 2 aromatic heterocycles. The molecule has 0 radical (unpaired) electrons. The molecule has 296 valence electrons. The Labute approximate surface area is 370 Å². The maximum absolute atomic E-state index is 2.46. The third kappa shape index (κ3) is 6.41. The topological polar surface area (TPSA) is 8.17 Å². The Balaban J connectivity index is 1.05. The normalized spacial score (nSPS) is 11.5. The summed E-state index contributed by atoms with van der Waals surface area (Å²) in [6, 6.07) is 88.4. The SMILES string of the molecule is c1ccc(-c2ccc(-c3ccc(N(c4ccc(-c5ccccc5-n5c6ccccc6c6ccccc65)c(-c5ccccc5)c4)c4cccc5sc6ccccc6c45)cc3)cc2)cc1. The molecule has 0 amide bonds. The van der Waals surface area contributed by atoms with Crippen LogP contribution in [0.4, 0.5) is 17.1 Å². The van der Waals surface area contributed by atoms with Gasteiger partial charge < -0.3 is 9.47 Å². The summed E-state index contributed by atoms with van der Waals surface area (Å²) in [7, 11) is 0. The van der Waals surface area contributed by atoms with Gasteiger partial charge in [-0.3, -0.25) is 0 Å². The van der Waals surface area contributed by atoms with E-state index in [2.05, 4.69) is 252 Å². The number of aromatic nitrogens is 1. The van der Waals surface area contributed by atoms with E-state index in [-0.39, 0.29) is 0 Å². The Bertz CT molecular complexity index is 3550. The highest BCUT2D eigenvalue weighted by molar-refractivity contribution is 7.26. The average Bonchev–Trinajstić information content (AvgIpc) is 3.91. The van der Waals surface area contributed by atoms with Crippen molar-refractivity contribution in [2.45, 2.75) is 0 Å². The Morgan fingerprint density at radius 3 is 1.51 bits per heavy atom. The van der Waals surface area contributed by atoms with Gasteiger partial charge in [0.2, 0.25) is 0 Å². The van der Waals surface area contributed by atoms with Crippen molar-refractivity contribution in [3.8, 4) is 50.2 Å². The summed E-state index contributed by atoms with van der Waals surface area (Å²) in [4.78, 5) is 2.46. The molecule has 12 rings (SSSR count). The van der Waals surface area contributed by atoms with Crippen molar-refractivity contribution in [3.05, 3.63) is 243 Å². The van der Waals surface area contributed by atoms with Gasteiger partial charge in [0.25, 0.3) is 0 Å². The number of para-hydroxylation sites is 3. The second-order valence-electron chi connectivity index (χ2n) is 16.1. The number of hydrogen-bond acceptors (Lipinski definition) is 2. The Morgan fingerprint density at radius 2 is 0.825 bits per heavy atom. The Morgan fingerprint density at radius 1 is 0.317 bits per heavy atom. The van der Waals surface area contributed by atoms with Crippen molar-refractivity contribution in [3.63, 3.8) is 0 Å². The van der Waals surface area contributed by atoms with Crippen LogP contribution in [0.3, 0.4) is 0 Å². The van der Waals surface area contributed by atoms with Crippen LogP contribution in [0.15, 0.2) is 243 Å². The molecule has 0 aliphatic carbocycles. The molecule has 0 aliphatic heterocycles. The van der Waals surface area contributed by atoms with Gasteiger partial charge in [-0.1, -0.05) is 182 Å². The first kappa shape index (κ1) is 36.8. The molecule has 0 N–H and O–H groups in total. The minimum Gasteiger partial charge on any atom is -0.310 e. The Hall–Kier alpha value is -7.98. The van der Waals surface area contributed by atoms with E-state index < -0.39 is 0 Å². The monoisotopic (exact) mass is 820 g/mol. The van der Waals surface area contributed by atoms with Crippen molar-refractivity contribution in [2.24, 2.45) is 0 Å². The fourth-order valence-electron chi connectivity index (χ4n) is 9.50. The molecule has 0 spiro atoms. The van der Waals surface area contributed by atoms with Gasteiger partial charge in [0.1, 0.15) is 0 Å². The summed E-state index contributed by atoms with van der Waals surface area (Å²) in [5.74, 6) is 0. The summed E-state index contributed by atoms with van der Waals surface area (Å²) in [5, 5.41) is 5.04. The zero-order chi connectivity index (χ0) is 41.7. The van der Waals surface area contributed by atoms with Crippen molar-refractivity contribution in [1.82, 2.24) is 4.57 Å². The van der Waals surface area contributed by atoms with Crippen LogP contribution in [0.2, 0.25) is 0 Å². The van der Waals surface area contributed by atoms with Gasteiger partial charge >= 0.3 is 0 Å². The molecular weight excluding hydrogens is 781 g/mol. The van der Waals surface area contributed by atoms with Crippen molar-refractivity contribution >= 4 is 70.4 Å². The van der Waals surface area contributed by atoms with Crippen LogP contribution in [0.25, 0.3) is 92.2 Å². The first-order valence-electron chi connectivity index (χ1n) is 21.5. The van der Waals surface area contributed by atoms with Crippen LogP contribution in [-0.4, -0.2) is 4.57 Å². The third-order valence-electron chi connectivity index (χ3n) is 12.4. The highest BCUT2D eigenvalue weighted by Crippen LogP contribution is 2.47. The van der Waals surface area contributed by atoms with E-state index in [9.17, 15) is 0 Å². The fourth-order valence-corrected chi connectivity index (χ4v) is 10.6. The molecular formula is C60H40N2S. The minimum atomic E-state index is 1.09. The van der Waals surface area contributed by atoms with Crippen LogP contribution in [0, 0.1) is 0 Å². The second-order valence-corrected chi connectivity index (χ2v) is 17.1. The number of anilines is 3. The molecule has 63 heavy (non-hydrogen) atoms. The number of benzene rings is 10. The first-order valence-corrected chi connectivity index (χ1v) is 22.3. The summed E-state index contributed by atoms with van der Waals surface area (Å²) in [6.07, 6.45) is 0.